The summed E-state index contributed by atoms with van der Waals surface area (Å²) in [5.74, 6) is -0.141. The van der Waals surface area contributed by atoms with Crippen LogP contribution in [-0.2, 0) is 6.42 Å². The van der Waals surface area contributed by atoms with Crippen LogP contribution in [0.15, 0.2) is 42.5 Å². The lowest BCUT2D eigenvalue weighted by Gasteiger charge is -2.23. The van der Waals surface area contributed by atoms with Crippen LogP contribution in [0.2, 0.25) is 10.0 Å². The van der Waals surface area contributed by atoms with Gasteiger partial charge in [-0.15, -0.1) is 0 Å². The molecular formula is C16H13Cl2NO. The van der Waals surface area contributed by atoms with Crippen molar-refractivity contribution in [3.05, 3.63) is 63.6 Å². The molecule has 1 aliphatic heterocycles. The number of benzene rings is 2. The number of nitrogens with zero attached hydrogens (tertiary/aromatic N) is 1. The predicted octanol–water partition coefficient (Wildman–Crippen LogP) is 4.58. The number of halogens is 2. The van der Waals surface area contributed by atoms with Crippen LogP contribution in [0.3, 0.4) is 0 Å². The molecule has 1 unspecified atom stereocenters. The Morgan fingerprint density at radius 3 is 2.45 bits per heavy atom. The number of anilines is 1. The van der Waals surface area contributed by atoms with Gasteiger partial charge in [0, 0.05) is 11.7 Å². The van der Waals surface area contributed by atoms with Crippen molar-refractivity contribution >= 4 is 34.8 Å². The van der Waals surface area contributed by atoms with E-state index in [2.05, 4.69) is 0 Å². The van der Waals surface area contributed by atoms with Crippen LogP contribution in [0, 0.1) is 0 Å². The highest BCUT2D eigenvalue weighted by Gasteiger charge is 2.32. The highest BCUT2D eigenvalue weighted by atomic mass is 35.5. The molecular weight excluding hydrogens is 293 g/mol. The number of para-hydroxylation sites is 1. The van der Waals surface area contributed by atoms with Gasteiger partial charge in [0.25, 0.3) is 5.91 Å². The number of hydrogen-bond acceptors (Lipinski definition) is 1. The van der Waals surface area contributed by atoms with Crippen molar-refractivity contribution in [1.29, 1.82) is 0 Å². The maximum Gasteiger partial charge on any atom is 0.261 e. The first kappa shape index (κ1) is 13.5. The van der Waals surface area contributed by atoms with E-state index in [0.29, 0.717) is 15.6 Å². The number of carbonyl (C=O) groups is 1. The summed E-state index contributed by atoms with van der Waals surface area (Å²) >= 11 is 12.3. The zero-order valence-corrected chi connectivity index (χ0v) is 12.4. The van der Waals surface area contributed by atoms with E-state index in [1.54, 1.807) is 23.1 Å². The van der Waals surface area contributed by atoms with Gasteiger partial charge in [0.2, 0.25) is 0 Å². The van der Waals surface area contributed by atoms with Gasteiger partial charge in [-0.3, -0.25) is 4.79 Å². The smallest absolute Gasteiger partial charge is 0.261 e. The number of rotatable bonds is 1. The minimum absolute atomic E-state index is 0.104. The van der Waals surface area contributed by atoms with E-state index in [1.165, 1.54) is 5.56 Å². The van der Waals surface area contributed by atoms with Crippen LogP contribution in [0.1, 0.15) is 22.8 Å². The molecule has 20 heavy (non-hydrogen) atoms. The molecule has 2 nitrogen and oxygen atoms in total. The average Bonchev–Trinajstić information content (AvgIpc) is 2.74. The molecule has 3 rings (SSSR count). The molecule has 1 amide bonds. The fourth-order valence-electron chi connectivity index (χ4n) is 2.70. The summed E-state index contributed by atoms with van der Waals surface area (Å²) in [7, 11) is 0. The first-order valence-electron chi connectivity index (χ1n) is 6.45. The lowest BCUT2D eigenvalue weighted by atomic mass is 10.1. The van der Waals surface area contributed by atoms with Gasteiger partial charge in [0.15, 0.2) is 0 Å². The van der Waals surface area contributed by atoms with Gasteiger partial charge in [-0.2, -0.15) is 0 Å². The molecule has 0 saturated carbocycles. The molecule has 0 N–H and O–H groups in total. The van der Waals surface area contributed by atoms with Gasteiger partial charge in [0.1, 0.15) is 0 Å². The lowest BCUT2D eigenvalue weighted by Crippen LogP contribution is -2.36. The third-order valence-electron chi connectivity index (χ3n) is 3.60. The summed E-state index contributed by atoms with van der Waals surface area (Å²) in [6.45, 7) is 2.03. The zero-order chi connectivity index (χ0) is 14.3. The lowest BCUT2D eigenvalue weighted by molar-refractivity contribution is 0.0982. The van der Waals surface area contributed by atoms with E-state index >= 15 is 0 Å². The van der Waals surface area contributed by atoms with Gasteiger partial charge in [0.05, 0.1) is 15.6 Å². The van der Waals surface area contributed by atoms with E-state index in [9.17, 15) is 4.79 Å². The van der Waals surface area contributed by atoms with Gasteiger partial charge < -0.3 is 4.90 Å². The molecule has 1 heterocycles. The SMILES string of the molecule is CC1Cc2ccccc2N1C(=O)c1c(Cl)cccc1Cl. The third kappa shape index (κ3) is 2.09. The second-order valence-corrected chi connectivity index (χ2v) is 5.77. The van der Waals surface area contributed by atoms with Gasteiger partial charge in [-0.05, 0) is 37.1 Å². The van der Waals surface area contributed by atoms with Crippen molar-refractivity contribution in [2.75, 3.05) is 4.90 Å². The Hall–Kier alpha value is -1.51. The molecule has 102 valence electrons. The van der Waals surface area contributed by atoms with Gasteiger partial charge in [-0.25, -0.2) is 0 Å². The van der Waals surface area contributed by atoms with Crippen molar-refractivity contribution < 1.29 is 4.79 Å². The van der Waals surface area contributed by atoms with Crippen LogP contribution < -0.4 is 4.90 Å². The fraction of sp³-hybridized carbons (Fsp3) is 0.188. The molecule has 0 spiro atoms. The van der Waals surface area contributed by atoms with E-state index in [4.69, 9.17) is 23.2 Å². The van der Waals surface area contributed by atoms with E-state index < -0.39 is 0 Å². The Bertz CT molecular complexity index is 664. The van der Waals surface area contributed by atoms with E-state index in [-0.39, 0.29) is 11.9 Å². The maximum absolute atomic E-state index is 12.8. The minimum atomic E-state index is -0.141. The summed E-state index contributed by atoms with van der Waals surface area (Å²) in [6, 6.07) is 13.2. The van der Waals surface area contributed by atoms with Gasteiger partial charge in [-0.1, -0.05) is 47.5 Å². The normalized spacial score (nSPS) is 17.1. The van der Waals surface area contributed by atoms with Gasteiger partial charge >= 0.3 is 0 Å². The molecule has 0 aliphatic carbocycles. The van der Waals surface area contributed by atoms with Crippen molar-refractivity contribution in [2.24, 2.45) is 0 Å². The molecule has 2 aromatic rings. The standard InChI is InChI=1S/C16H13Cl2NO/c1-10-9-11-5-2-3-8-14(11)19(10)16(20)15-12(17)6-4-7-13(15)18/h2-8,10H,9H2,1H3. The van der Waals surface area contributed by atoms with E-state index in [0.717, 1.165) is 12.1 Å². The van der Waals surface area contributed by atoms with Crippen molar-refractivity contribution in [1.82, 2.24) is 0 Å². The Balaban J connectivity index is 2.08. The minimum Gasteiger partial charge on any atom is -0.305 e. The summed E-state index contributed by atoms with van der Waals surface area (Å²) in [4.78, 5) is 14.6. The first-order valence-corrected chi connectivity index (χ1v) is 7.20. The number of fused-ring (bicyclic) bond motifs is 1. The zero-order valence-electron chi connectivity index (χ0n) is 10.9. The molecule has 0 saturated heterocycles. The molecule has 4 heteroatoms. The Kier molecular flexibility index (Phi) is 3.45. The fourth-order valence-corrected chi connectivity index (χ4v) is 3.26. The monoisotopic (exact) mass is 305 g/mol. The van der Waals surface area contributed by atoms with Crippen LogP contribution in [0.5, 0.6) is 0 Å². The van der Waals surface area contributed by atoms with Crippen LogP contribution in [0.25, 0.3) is 0 Å². The summed E-state index contributed by atoms with van der Waals surface area (Å²) in [5, 5.41) is 0.776. The number of carbonyl (C=O) groups excluding carboxylic acids is 1. The Morgan fingerprint density at radius 1 is 1.10 bits per heavy atom. The Morgan fingerprint density at radius 2 is 1.75 bits per heavy atom. The number of hydrogen-bond donors (Lipinski definition) is 0. The first-order chi connectivity index (χ1) is 9.59. The van der Waals surface area contributed by atoms with Crippen molar-refractivity contribution in [2.45, 2.75) is 19.4 Å². The van der Waals surface area contributed by atoms with Crippen molar-refractivity contribution in [3.8, 4) is 0 Å². The summed E-state index contributed by atoms with van der Waals surface area (Å²) < 4.78 is 0. The average molecular weight is 306 g/mol. The molecule has 0 fully saturated rings. The van der Waals surface area contributed by atoms with Crippen LogP contribution >= 0.6 is 23.2 Å². The van der Waals surface area contributed by atoms with Crippen molar-refractivity contribution in [3.63, 3.8) is 0 Å². The Labute approximate surface area is 127 Å². The molecule has 2 aromatic carbocycles. The van der Waals surface area contributed by atoms with Crippen LogP contribution in [-0.4, -0.2) is 11.9 Å². The molecule has 0 radical (unpaired) electrons. The second kappa shape index (κ2) is 5.12. The summed E-state index contributed by atoms with van der Waals surface area (Å²) in [6.07, 6.45) is 0.851. The highest BCUT2D eigenvalue weighted by molar-refractivity contribution is 6.40. The highest BCUT2D eigenvalue weighted by Crippen LogP contribution is 2.35. The van der Waals surface area contributed by atoms with E-state index in [1.807, 2.05) is 31.2 Å². The number of amides is 1. The third-order valence-corrected chi connectivity index (χ3v) is 4.23. The molecule has 1 aliphatic rings. The second-order valence-electron chi connectivity index (χ2n) is 4.95. The maximum atomic E-state index is 12.8. The molecule has 1 atom stereocenters. The molecule has 0 aromatic heterocycles. The largest absolute Gasteiger partial charge is 0.305 e. The quantitative estimate of drug-likeness (QED) is 0.755. The molecule has 0 bridgehead atoms. The summed E-state index contributed by atoms with van der Waals surface area (Å²) in [5.41, 5.74) is 2.50. The predicted molar refractivity (Wildman–Crippen MR) is 82.9 cm³/mol. The van der Waals surface area contributed by atoms with Crippen LogP contribution in [0.4, 0.5) is 5.69 Å². The topological polar surface area (TPSA) is 20.3 Å².